The lowest BCUT2D eigenvalue weighted by Crippen LogP contribution is -2.32. The number of hydrogen-bond acceptors (Lipinski definition) is 6. The number of fused-ring (bicyclic) bond motifs is 1. The lowest BCUT2D eigenvalue weighted by Gasteiger charge is -2.12. The van der Waals surface area contributed by atoms with Gasteiger partial charge in [-0.3, -0.25) is 10.2 Å². The third-order valence-corrected chi connectivity index (χ3v) is 4.12. The number of hydrazine groups is 1. The maximum absolute atomic E-state index is 12.2. The van der Waals surface area contributed by atoms with E-state index >= 15 is 0 Å². The number of amides is 1. The number of nitriles is 1. The molecule has 1 amide bonds. The predicted octanol–water partition coefficient (Wildman–Crippen LogP) is 1.70. The minimum absolute atomic E-state index is 0.171. The third-order valence-electron chi connectivity index (χ3n) is 4.12. The number of nitrogens with one attached hydrogen (secondary N) is 1. The first-order chi connectivity index (χ1) is 12.5. The molecule has 2 heterocycles. The Bertz CT molecular complexity index is 1030. The number of carbonyl (C=O) groups excluding carboxylic acids is 1. The molecule has 0 spiro atoms. The maximum atomic E-state index is 12.2. The number of carbonyl (C=O) groups is 1. The summed E-state index contributed by atoms with van der Waals surface area (Å²) in [7, 11) is 1.66. The summed E-state index contributed by atoms with van der Waals surface area (Å²) in [6, 6.07) is 11.5. The van der Waals surface area contributed by atoms with Gasteiger partial charge in [0.1, 0.15) is 23.0 Å². The number of aryl methyl sites for hydroxylation is 1. The van der Waals surface area contributed by atoms with Crippen LogP contribution in [0.3, 0.4) is 0 Å². The number of nitrogens with two attached hydrogens (primary N) is 2. The van der Waals surface area contributed by atoms with E-state index in [4.69, 9.17) is 16.3 Å². The number of aromatic nitrogens is 2. The Balaban J connectivity index is 2.52. The standard InChI is InChI=1S/C18H18N6O2/c1-3-26-18-11(9-19)12(10-7-5-4-6-8-10)13-14(20)15(17(25)23-21)24(2)16(13)22-18/h4-8H,3,20-21H2,1-2H3,(H,23,25). The lowest BCUT2D eigenvalue weighted by atomic mass is 9.97. The highest BCUT2D eigenvalue weighted by atomic mass is 16.5. The van der Waals surface area contributed by atoms with E-state index in [2.05, 4.69) is 16.5 Å². The van der Waals surface area contributed by atoms with Gasteiger partial charge < -0.3 is 15.0 Å². The molecule has 0 unspecified atom stereocenters. The highest BCUT2D eigenvalue weighted by Gasteiger charge is 2.26. The molecule has 5 N–H and O–H groups in total. The number of hydrogen-bond donors (Lipinski definition) is 3. The summed E-state index contributed by atoms with van der Waals surface area (Å²) in [6.07, 6.45) is 0. The summed E-state index contributed by atoms with van der Waals surface area (Å²) in [5.74, 6) is 4.93. The van der Waals surface area contributed by atoms with Crippen molar-refractivity contribution in [1.82, 2.24) is 15.0 Å². The van der Waals surface area contributed by atoms with Crippen molar-refractivity contribution in [2.45, 2.75) is 6.92 Å². The predicted molar refractivity (Wildman–Crippen MR) is 98.1 cm³/mol. The van der Waals surface area contributed by atoms with Gasteiger partial charge in [0.2, 0.25) is 5.88 Å². The van der Waals surface area contributed by atoms with Crippen LogP contribution in [0.25, 0.3) is 22.2 Å². The number of benzene rings is 1. The fraction of sp³-hybridized carbons (Fsp3) is 0.167. The molecule has 1 aromatic carbocycles. The van der Waals surface area contributed by atoms with Crippen molar-refractivity contribution in [3.8, 4) is 23.1 Å². The van der Waals surface area contributed by atoms with Crippen LogP contribution in [0.1, 0.15) is 23.0 Å². The third kappa shape index (κ3) is 2.51. The molecule has 0 aliphatic heterocycles. The van der Waals surface area contributed by atoms with E-state index in [1.165, 1.54) is 0 Å². The SMILES string of the molecule is CCOc1nc2c(c(N)c(C(=O)NN)n2C)c(-c2ccccc2)c1C#N. The lowest BCUT2D eigenvalue weighted by molar-refractivity contribution is 0.0947. The normalized spacial score (nSPS) is 10.5. The highest BCUT2D eigenvalue weighted by Crippen LogP contribution is 2.40. The van der Waals surface area contributed by atoms with Crippen LogP contribution in [-0.2, 0) is 7.05 Å². The van der Waals surface area contributed by atoms with Crippen LogP contribution in [0, 0.1) is 11.3 Å². The van der Waals surface area contributed by atoms with E-state index < -0.39 is 5.91 Å². The van der Waals surface area contributed by atoms with E-state index in [1.54, 1.807) is 11.6 Å². The second-order valence-corrected chi connectivity index (χ2v) is 5.57. The van der Waals surface area contributed by atoms with E-state index in [0.717, 1.165) is 5.56 Å². The minimum atomic E-state index is -0.543. The van der Waals surface area contributed by atoms with Crippen molar-refractivity contribution in [2.24, 2.45) is 12.9 Å². The van der Waals surface area contributed by atoms with Crippen molar-refractivity contribution in [3.05, 3.63) is 41.6 Å². The molecule has 0 fully saturated rings. The minimum Gasteiger partial charge on any atom is -0.477 e. The van der Waals surface area contributed by atoms with E-state index in [9.17, 15) is 10.1 Å². The number of nitrogens with zero attached hydrogens (tertiary/aromatic N) is 3. The van der Waals surface area contributed by atoms with Gasteiger partial charge in [0.25, 0.3) is 5.91 Å². The molecule has 26 heavy (non-hydrogen) atoms. The Morgan fingerprint density at radius 2 is 2.08 bits per heavy atom. The molecule has 3 rings (SSSR count). The summed E-state index contributed by atoms with van der Waals surface area (Å²) in [4.78, 5) is 16.6. The second kappa shape index (κ2) is 6.74. The Morgan fingerprint density at radius 1 is 1.38 bits per heavy atom. The van der Waals surface area contributed by atoms with E-state index in [0.29, 0.717) is 23.2 Å². The Kier molecular flexibility index (Phi) is 4.47. The summed E-state index contributed by atoms with van der Waals surface area (Å²) in [5, 5.41) is 10.3. The van der Waals surface area contributed by atoms with Crippen LogP contribution < -0.4 is 21.7 Å². The number of nitrogen functional groups attached to an aromatic ring is 2. The summed E-state index contributed by atoms with van der Waals surface area (Å²) >= 11 is 0. The van der Waals surface area contributed by atoms with Gasteiger partial charge in [0.05, 0.1) is 17.7 Å². The number of ether oxygens (including phenoxy) is 1. The summed E-state index contributed by atoms with van der Waals surface area (Å²) < 4.78 is 7.12. The highest BCUT2D eigenvalue weighted by molar-refractivity contribution is 6.13. The molecule has 0 saturated carbocycles. The van der Waals surface area contributed by atoms with Gasteiger partial charge >= 0.3 is 0 Å². The maximum Gasteiger partial charge on any atom is 0.284 e. The smallest absolute Gasteiger partial charge is 0.284 e. The molecule has 3 aromatic rings. The van der Waals surface area contributed by atoms with Crippen molar-refractivity contribution in [1.29, 1.82) is 5.26 Å². The van der Waals surface area contributed by atoms with Gasteiger partial charge in [0.15, 0.2) is 0 Å². The van der Waals surface area contributed by atoms with Crippen molar-refractivity contribution >= 4 is 22.6 Å². The fourth-order valence-corrected chi connectivity index (χ4v) is 3.04. The van der Waals surface area contributed by atoms with Crippen LogP contribution >= 0.6 is 0 Å². The van der Waals surface area contributed by atoms with E-state index in [1.807, 2.05) is 37.3 Å². The molecule has 2 aromatic heterocycles. The topological polar surface area (TPSA) is 132 Å². The fourth-order valence-electron chi connectivity index (χ4n) is 3.04. The second-order valence-electron chi connectivity index (χ2n) is 5.57. The molecule has 8 nitrogen and oxygen atoms in total. The van der Waals surface area contributed by atoms with Gasteiger partial charge in [0, 0.05) is 12.6 Å². The number of pyridine rings is 1. The van der Waals surface area contributed by atoms with Crippen LogP contribution in [-0.4, -0.2) is 22.1 Å². The van der Waals surface area contributed by atoms with E-state index in [-0.39, 0.29) is 22.8 Å². The van der Waals surface area contributed by atoms with Crippen LogP contribution in [0.15, 0.2) is 30.3 Å². The zero-order valence-electron chi connectivity index (χ0n) is 14.4. The van der Waals surface area contributed by atoms with Crippen LogP contribution in [0.5, 0.6) is 5.88 Å². The molecule has 0 bridgehead atoms. The molecule has 0 atom stereocenters. The quantitative estimate of drug-likeness (QED) is 0.373. The molecule has 132 valence electrons. The zero-order chi connectivity index (χ0) is 18.8. The molecular formula is C18H18N6O2. The van der Waals surface area contributed by atoms with Crippen LogP contribution in [0.2, 0.25) is 0 Å². The summed E-state index contributed by atoms with van der Waals surface area (Å²) in [5.41, 5.74) is 10.8. The molecule has 0 saturated heterocycles. The largest absolute Gasteiger partial charge is 0.477 e. The van der Waals surface area contributed by atoms with Crippen molar-refractivity contribution in [3.63, 3.8) is 0 Å². The van der Waals surface area contributed by atoms with Gasteiger partial charge in [-0.15, -0.1) is 0 Å². The van der Waals surface area contributed by atoms with Crippen molar-refractivity contribution < 1.29 is 9.53 Å². The molecule has 0 radical (unpaired) electrons. The Morgan fingerprint density at radius 3 is 2.65 bits per heavy atom. The Hall–Kier alpha value is -3.57. The first kappa shape index (κ1) is 17.3. The first-order valence-electron chi connectivity index (χ1n) is 7.96. The number of anilines is 1. The molecule has 8 heteroatoms. The molecule has 0 aliphatic carbocycles. The Labute approximate surface area is 150 Å². The monoisotopic (exact) mass is 350 g/mol. The average Bonchev–Trinajstić information content (AvgIpc) is 2.91. The van der Waals surface area contributed by atoms with Crippen molar-refractivity contribution in [2.75, 3.05) is 12.3 Å². The average molecular weight is 350 g/mol. The number of rotatable bonds is 4. The first-order valence-corrected chi connectivity index (χ1v) is 7.96. The molecular weight excluding hydrogens is 332 g/mol. The van der Waals surface area contributed by atoms with Gasteiger partial charge in [-0.05, 0) is 12.5 Å². The van der Waals surface area contributed by atoms with Gasteiger partial charge in [-0.1, -0.05) is 30.3 Å². The van der Waals surface area contributed by atoms with Gasteiger partial charge in [-0.25, -0.2) is 5.84 Å². The zero-order valence-corrected chi connectivity index (χ0v) is 14.4. The van der Waals surface area contributed by atoms with Crippen LogP contribution in [0.4, 0.5) is 5.69 Å². The van der Waals surface area contributed by atoms with Gasteiger partial charge in [-0.2, -0.15) is 10.2 Å². The molecule has 0 aliphatic rings. The summed E-state index contributed by atoms with van der Waals surface area (Å²) in [6.45, 7) is 2.15.